The Morgan fingerprint density at radius 3 is 2.82 bits per heavy atom. The highest BCUT2D eigenvalue weighted by atomic mass is 19.4. The molecule has 1 N–H and O–H groups in total. The van der Waals surface area contributed by atoms with Gasteiger partial charge >= 0.3 is 6.18 Å². The van der Waals surface area contributed by atoms with Crippen LogP contribution in [0.1, 0.15) is 38.7 Å². The van der Waals surface area contributed by atoms with E-state index < -0.39 is 17.2 Å². The maximum absolute atomic E-state index is 14.1. The Balaban J connectivity index is 1.22. The SMILES string of the molecule is COCC1COCCC1NCC1C=CC(C(=O)N2CC3CC2CN3c2cc(C(F)(F)F)ccn2)(C(C)C)C1. The Morgan fingerprint density at radius 1 is 1.32 bits per heavy atom. The standard InChI is InChI=1S/C28H39F3N4O3/c1-18(2)27(7-4-19(12-27)13-33-24-6-9-38-17-20(24)16-37-3)26(36)35-15-22-11-23(35)14-34(22)25-10-21(5-8-32-25)28(29,30)31/h4-5,7-8,10,18-20,22-24,33H,6,9,11-17H2,1-3H3. The summed E-state index contributed by atoms with van der Waals surface area (Å²) in [6, 6.07) is 2.43. The number of pyridine rings is 1. The predicted molar refractivity (Wildman–Crippen MR) is 138 cm³/mol. The lowest BCUT2D eigenvalue weighted by Crippen LogP contribution is -2.54. The smallest absolute Gasteiger partial charge is 0.384 e. The molecule has 4 aliphatic rings. The van der Waals surface area contributed by atoms with Gasteiger partial charge in [0.15, 0.2) is 0 Å². The number of anilines is 1. The predicted octanol–water partition coefficient (Wildman–Crippen LogP) is 3.75. The molecule has 5 rings (SSSR count). The van der Waals surface area contributed by atoms with E-state index in [1.165, 1.54) is 6.20 Å². The molecule has 3 fully saturated rings. The largest absolute Gasteiger partial charge is 0.416 e. The van der Waals surface area contributed by atoms with E-state index in [0.717, 1.165) is 44.5 Å². The molecular weight excluding hydrogens is 497 g/mol. The van der Waals surface area contributed by atoms with Gasteiger partial charge < -0.3 is 24.6 Å². The van der Waals surface area contributed by atoms with E-state index in [-0.39, 0.29) is 29.8 Å². The summed E-state index contributed by atoms with van der Waals surface area (Å²) in [6.45, 7) is 8.17. The molecule has 210 valence electrons. The Morgan fingerprint density at radius 2 is 2.13 bits per heavy atom. The van der Waals surface area contributed by atoms with Gasteiger partial charge in [0, 0.05) is 51.5 Å². The zero-order valence-electron chi connectivity index (χ0n) is 22.4. The Labute approximate surface area is 222 Å². The molecule has 0 spiro atoms. The first-order chi connectivity index (χ1) is 18.1. The lowest BCUT2D eigenvalue weighted by molar-refractivity contribution is -0.143. The van der Waals surface area contributed by atoms with Crippen molar-refractivity contribution >= 4 is 11.7 Å². The average Bonchev–Trinajstić information content (AvgIpc) is 3.63. The van der Waals surface area contributed by atoms with Crippen molar-refractivity contribution < 1.29 is 27.4 Å². The van der Waals surface area contributed by atoms with Crippen LogP contribution >= 0.6 is 0 Å². The van der Waals surface area contributed by atoms with Gasteiger partial charge in [-0.2, -0.15) is 13.2 Å². The molecule has 0 radical (unpaired) electrons. The van der Waals surface area contributed by atoms with Crippen molar-refractivity contribution in [3.63, 3.8) is 0 Å². The Bertz CT molecular complexity index is 1030. The van der Waals surface area contributed by atoms with Crippen molar-refractivity contribution in [3.8, 4) is 0 Å². The number of hydrogen-bond donors (Lipinski definition) is 1. The van der Waals surface area contributed by atoms with Gasteiger partial charge in [0.1, 0.15) is 5.82 Å². The first-order valence-corrected chi connectivity index (χ1v) is 13.7. The maximum Gasteiger partial charge on any atom is 0.416 e. The number of halogens is 3. The third kappa shape index (κ3) is 5.19. The van der Waals surface area contributed by atoms with Crippen LogP contribution < -0.4 is 10.2 Å². The van der Waals surface area contributed by atoms with Crippen LogP contribution in [-0.2, 0) is 20.4 Å². The molecule has 0 aromatic carbocycles. The number of carbonyl (C=O) groups excluding carboxylic acids is 1. The maximum atomic E-state index is 14.1. The van der Waals surface area contributed by atoms with E-state index in [2.05, 4.69) is 36.3 Å². The molecule has 1 aliphatic carbocycles. The van der Waals surface area contributed by atoms with Crippen LogP contribution in [0.3, 0.4) is 0 Å². The number of nitrogens with zero attached hydrogens (tertiary/aromatic N) is 3. The van der Waals surface area contributed by atoms with Crippen LogP contribution in [0, 0.1) is 23.2 Å². The second kappa shape index (κ2) is 10.8. The number of alkyl halides is 3. The van der Waals surface area contributed by atoms with Crippen molar-refractivity contribution in [1.29, 1.82) is 0 Å². The van der Waals surface area contributed by atoms with Gasteiger partial charge in [0.05, 0.1) is 36.3 Å². The number of likely N-dealkylation sites (tertiary alicyclic amines) is 1. The number of piperazine rings is 1. The number of nitrogens with one attached hydrogen (secondary N) is 1. The van der Waals surface area contributed by atoms with Crippen molar-refractivity contribution in [1.82, 2.24) is 15.2 Å². The van der Waals surface area contributed by atoms with Gasteiger partial charge in [-0.15, -0.1) is 0 Å². The summed E-state index contributed by atoms with van der Waals surface area (Å²) >= 11 is 0. The number of fused-ring (bicyclic) bond motifs is 2. The normalized spacial score (nSPS) is 33.1. The van der Waals surface area contributed by atoms with E-state index in [4.69, 9.17) is 9.47 Å². The minimum absolute atomic E-state index is 0.0120. The number of carbonyl (C=O) groups is 1. The number of aromatic nitrogens is 1. The van der Waals surface area contributed by atoms with Gasteiger partial charge in [-0.3, -0.25) is 4.79 Å². The van der Waals surface area contributed by atoms with Crippen molar-refractivity contribution in [2.75, 3.05) is 51.5 Å². The molecular formula is C28H39F3N4O3. The van der Waals surface area contributed by atoms with Gasteiger partial charge in [-0.05, 0) is 43.2 Å². The minimum atomic E-state index is -4.41. The molecule has 6 atom stereocenters. The molecule has 2 bridgehead atoms. The number of ether oxygens (including phenoxy) is 2. The van der Waals surface area contributed by atoms with Crippen molar-refractivity contribution in [2.45, 2.75) is 57.4 Å². The molecule has 1 aromatic rings. The number of hydrogen-bond acceptors (Lipinski definition) is 6. The minimum Gasteiger partial charge on any atom is -0.384 e. The fourth-order valence-electron chi connectivity index (χ4n) is 6.81. The molecule has 0 saturated carbocycles. The van der Waals surface area contributed by atoms with Crippen LogP contribution in [-0.4, -0.2) is 80.5 Å². The highest BCUT2D eigenvalue weighted by molar-refractivity contribution is 5.86. The highest BCUT2D eigenvalue weighted by Gasteiger charge is 2.53. The molecule has 4 heterocycles. The van der Waals surface area contributed by atoms with Crippen LogP contribution in [0.15, 0.2) is 30.5 Å². The quantitative estimate of drug-likeness (QED) is 0.511. The van der Waals surface area contributed by atoms with Crippen LogP contribution in [0.5, 0.6) is 0 Å². The molecule has 10 heteroatoms. The molecule has 3 aliphatic heterocycles. The molecule has 3 saturated heterocycles. The summed E-state index contributed by atoms with van der Waals surface area (Å²) in [5.74, 6) is 1.22. The van der Waals surface area contributed by atoms with Crippen molar-refractivity contribution in [3.05, 3.63) is 36.0 Å². The number of methoxy groups -OCH3 is 1. The summed E-state index contributed by atoms with van der Waals surface area (Å²) in [5, 5.41) is 3.72. The molecule has 6 unspecified atom stereocenters. The van der Waals surface area contributed by atoms with E-state index in [1.807, 2.05) is 9.80 Å². The lowest BCUT2D eigenvalue weighted by Gasteiger charge is -2.41. The summed E-state index contributed by atoms with van der Waals surface area (Å²) in [4.78, 5) is 22.2. The molecule has 1 amide bonds. The van der Waals surface area contributed by atoms with Gasteiger partial charge in [-0.1, -0.05) is 26.0 Å². The van der Waals surface area contributed by atoms with Crippen LogP contribution in [0.4, 0.5) is 19.0 Å². The second-order valence-corrected chi connectivity index (χ2v) is 11.7. The lowest BCUT2D eigenvalue weighted by atomic mass is 9.74. The first-order valence-electron chi connectivity index (χ1n) is 13.7. The highest BCUT2D eigenvalue weighted by Crippen LogP contribution is 2.46. The van der Waals surface area contributed by atoms with Crippen LogP contribution in [0.25, 0.3) is 0 Å². The average molecular weight is 537 g/mol. The van der Waals surface area contributed by atoms with E-state index >= 15 is 0 Å². The molecule has 1 aromatic heterocycles. The topological polar surface area (TPSA) is 66.9 Å². The third-order valence-electron chi connectivity index (χ3n) is 9.06. The molecule has 7 nitrogen and oxygen atoms in total. The third-order valence-corrected chi connectivity index (χ3v) is 9.06. The zero-order valence-corrected chi connectivity index (χ0v) is 22.4. The number of amides is 1. The number of rotatable bonds is 8. The zero-order chi connectivity index (χ0) is 27.1. The van der Waals surface area contributed by atoms with E-state index in [1.54, 1.807) is 7.11 Å². The van der Waals surface area contributed by atoms with E-state index in [9.17, 15) is 18.0 Å². The fraction of sp³-hybridized carbons (Fsp3) is 0.714. The summed E-state index contributed by atoms with van der Waals surface area (Å²) in [7, 11) is 1.72. The Hall–Kier alpha value is -2.17. The van der Waals surface area contributed by atoms with E-state index in [0.29, 0.717) is 44.1 Å². The summed E-state index contributed by atoms with van der Waals surface area (Å²) in [5.41, 5.74) is -1.25. The van der Waals surface area contributed by atoms with Crippen LogP contribution in [0.2, 0.25) is 0 Å². The first kappa shape index (κ1) is 27.4. The summed E-state index contributed by atoms with van der Waals surface area (Å²) < 4.78 is 50.7. The van der Waals surface area contributed by atoms with Crippen molar-refractivity contribution in [2.24, 2.45) is 23.2 Å². The summed E-state index contributed by atoms with van der Waals surface area (Å²) in [6.07, 6.45) is 3.61. The van der Waals surface area contributed by atoms with Gasteiger partial charge in [0.2, 0.25) is 5.91 Å². The second-order valence-electron chi connectivity index (χ2n) is 11.7. The van der Waals surface area contributed by atoms with Gasteiger partial charge in [0.25, 0.3) is 0 Å². The fourth-order valence-corrected chi connectivity index (χ4v) is 6.81. The van der Waals surface area contributed by atoms with Gasteiger partial charge in [-0.25, -0.2) is 4.98 Å². The molecule has 38 heavy (non-hydrogen) atoms. The monoisotopic (exact) mass is 536 g/mol. The Kier molecular flexibility index (Phi) is 7.77.